The van der Waals surface area contributed by atoms with Crippen molar-refractivity contribution >= 4 is 11.6 Å². The van der Waals surface area contributed by atoms with E-state index in [-0.39, 0.29) is 0 Å². The van der Waals surface area contributed by atoms with E-state index in [1.165, 1.54) is 0 Å². The van der Waals surface area contributed by atoms with Crippen LogP contribution < -0.4 is 10.2 Å². The summed E-state index contributed by atoms with van der Waals surface area (Å²) in [6.07, 6.45) is 9.36. The highest BCUT2D eigenvalue weighted by molar-refractivity contribution is 5.49. The van der Waals surface area contributed by atoms with Crippen molar-refractivity contribution in [3.63, 3.8) is 0 Å². The van der Waals surface area contributed by atoms with Crippen LogP contribution >= 0.6 is 0 Å². The zero-order valence-electron chi connectivity index (χ0n) is 16.7. The van der Waals surface area contributed by atoms with Crippen molar-refractivity contribution in [3.8, 4) is 0 Å². The highest BCUT2D eigenvalue weighted by Gasteiger charge is 2.27. The van der Waals surface area contributed by atoms with Crippen LogP contribution in [0.1, 0.15) is 44.3 Å². The number of piperidine rings is 1. The number of hydrogen-bond acceptors (Lipinski definition) is 7. The third kappa shape index (κ3) is 3.97. The Morgan fingerprint density at radius 2 is 2.14 bits per heavy atom. The van der Waals surface area contributed by atoms with E-state index in [0.717, 1.165) is 49.2 Å². The van der Waals surface area contributed by atoms with Crippen LogP contribution in [0.15, 0.2) is 31.1 Å². The first-order valence-electron chi connectivity index (χ1n) is 9.77. The number of anilines is 2. The lowest BCUT2D eigenvalue weighted by atomic mass is 9.97. The SMILES string of the molecule is CC(C)Nc1cc(N2CCC[C@@H](c3nnc(Cn4ccnc4)n3C)C2)ncn1. The van der Waals surface area contributed by atoms with Crippen molar-refractivity contribution in [1.29, 1.82) is 0 Å². The lowest BCUT2D eigenvalue weighted by molar-refractivity contribution is 0.475. The third-order valence-corrected chi connectivity index (χ3v) is 5.08. The molecule has 9 heteroatoms. The molecule has 1 atom stereocenters. The lowest BCUT2D eigenvalue weighted by Gasteiger charge is -2.33. The molecule has 1 aliphatic rings. The van der Waals surface area contributed by atoms with Gasteiger partial charge in [-0.2, -0.15) is 0 Å². The zero-order valence-corrected chi connectivity index (χ0v) is 16.7. The second kappa shape index (κ2) is 7.95. The molecule has 4 rings (SSSR count). The van der Waals surface area contributed by atoms with Gasteiger partial charge in [0.05, 0.1) is 12.9 Å². The molecule has 28 heavy (non-hydrogen) atoms. The Kier molecular flexibility index (Phi) is 5.23. The molecular weight excluding hydrogens is 354 g/mol. The van der Waals surface area contributed by atoms with E-state index in [1.807, 2.05) is 16.8 Å². The van der Waals surface area contributed by atoms with Crippen LogP contribution in [-0.4, -0.2) is 53.4 Å². The molecule has 1 fully saturated rings. The number of nitrogens with one attached hydrogen (secondary N) is 1. The van der Waals surface area contributed by atoms with Gasteiger partial charge in [0.15, 0.2) is 5.82 Å². The summed E-state index contributed by atoms with van der Waals surface area (Å²) in [7, 11) is 2.05. The van der Waals surface area contributed by atoms with E-state index in [1.54, 1.807) is 18.9 Å². The first-order valence-corrected chi connectivity index (χ1v) is 9.77. The second-order valence-corrected chi connectivity index (χ2v) is 7.61. The number of nitrogens with zero attached hydrogens (tertiary/aromatic N) is 8. The minimum atomic E-state index is 0.333. The van der Waals surface area contributed by atoms with Crippen molar-refractivity contribution in [3.05, 3.63) is 42.8 Å². The summed E-state index contributed by atoms with van der Waals surface area (Å²) in [5.41, 5.74) is 0. The minimum absolute atomic E-state index is 0.333. The van der Waals surface area contributed by atoms with Gasteiger partial charge in [-0.05, 0) is 26.7 Å². The van der Waals surface area contributed by atoms with Crippen molar-refractivity contribution in [2.75, 3.05) is 23.3 Å². The van der Waals surface area contributed by atoms with Crippen molar-refractivity contribution in [1.82, 2.24) is 34.3 Å². The van der Waals surface area contributed by atoms with Gasteiger partial charge >= 0.3 is 0 Å². The molecule has 3 aromatic rings. The fourth-order valence-electron chi connectivity index (χ4n) is 3.70. The molecule has 1 N–H and O–H groups in total. The van der Waals surface area contributed by atoms with E-state index in [2.05, 4.69) is 60.8 Å². The van der Waals surface area contributed by atoms with E-state index >= 15 is 0 Å². The lowest BCUT2D eigenvalue weighted by Crippen LogP contribution is -2.36. The Labute approximate surface area is 164 Å². The van der Waals surface area contributed by atoms with Crippen molar-refractivity contribution in [2.24, 2.45) is 7.05 Å². The highest BCUT2D eigenvalue weighted by atomic mass is 15.3. The number of imidazole rings is 1. The molecule has 9 nitrogen and oxygen atoms in total. The fourth-order valence-corrected chi connectivity index (χ4v) is 3.70. The first-order chi connectivity index (χ1) is 13.6. The first kappa shape index (κ1) is 18.4. The van der Waals surface area contributed by atoms with Gasteiger partial charge in [0, 0.05) is 50.6 Å². The topological polar surface area (TPSA) is 89.6 Å². The summed E-state index contributed by atoms with van der Waals surface area (Å²) in [5, 5.41) is 12.3. The molecule has 1 aliphatic heterocycles. The van der Waals surface area contributed by atoms with Gasteiger partial charge in [-0.25, -0.2) is 15.0 Å². The number of hydrogen-bond donors (Lipinski definition) is 1. The maximum absolute atomic E-state index is 4.51. The Morgan fingerprint density at radius 1 is 1.25 bits per heavy atom. The Morgan fingerprint density at radius 3 is 2.93 bits per heavy atom. The van der Waals surface area contributed by atoms with Crippen LogP contribution in [0, 0.1) is 0 Å². The van der Waals surface area contributed by atoms with Crippen LogP contribution in [0.25, 0.3) is 0 Å². The summed E-state index contributed by atoms with van der Waals surface area (Å²) in [6.45, 7) is 6.77. The smallest absolute Gasteiger partial charge is 0.152 e. The average molecular weight is 381 g/mol. The molecule has 0 aliphatic carbocycles. The maximum Gasteiger partial charge on any atom is 0.152 e. The molecule has 148 valence electrons. The normalized spacial score (nSPS) is 17.3. The summed E-state index contributed by atoms with van der Waals surface area (Å²) in [4.78, 5) is 15.2. The predicted octanol–water partition coefficient (Wildman–Crippen LogP) is 2.05. The second-order valence-electron chi connectivity index (χ2n) is 7.61. The molecule has 0 bridgehead atoms. The molecule has 0 saturated carbocycles. The monoisotopic (exact) mass is 381 g/mol. The fraction of sp³-hybridized carbons (Fsp3) is 0.526. The van der Waals surface area contributed by atoms with Crippen LogP contribution in [0.2, 0.25) is 0 Å². The summed E-state index contributed by atoms with van der Waals surface area (Å²) in [5.74, 6) is 4.14. The molecule has 0 radical (unpaired) electrons. The zero-order chi connectivity index (χ0) is 19.5. The van der Waals surface area contributed by atoms with Crippen LogP contribution in [-0.2, 0) is 13.6 Å². The Balaban J connectivity index is 1.49. The predicted molar refractivity (Wildman–Crippen MR) is 107 cm³/mol. The minimum Gasteiger partial charge on any atom is -0.368 e. The third-order valence-electron chi connectivity index (χ3n) is 5.08. The molecule has 1 saturated heterocycles. The van der Waals surface area contributed by atoms with Crippen molar-refractivity contribution < 1.29 is 0 Å². The summed E-state index contributed by atoms with van der Waals surface area (Å²) in [6, 6.07) is 2.37. The largest absolute Gasteiger partial charge is 0.368 e. The van der Waals surface area contributed by atoms with Gasteiger partial charge in [0.2, 0.25) is 0 Å². The van der Waals surface area contributed by atoms with Crippen LogP contribution in [0.3, 0.4) is 0 Å². The highest BCUT2D eigenvalue weighted by Crippen LogP contribution is 2.29. The Bertz CT molecular complexity index is 900. The average Bonchev–Trinajstić information content (AvgIpc) is 3.32. The Hall–Kier alpha value is -2.97. The molecule has 0 amide bonds. The number of aromatic nitrogens is 7. The van der Waals surface area contributed by atoms with E-state index in [4.69, 9.17) is 0 Å². The van der Waals surface area contributed by atoms with Gasteiger partial charge in [-0.3, -0.25) is 0 Å². The van der Waals surface area contributed by atoms with Gasteiger partial charge in [0.25, 0.3) is 0 Å². The van der Waals surface area contributed by atoms with Gasteiger partial charge in [-0.1, -0.05) is 0 Å². The quantitative estimate of drug-likeness (QED) is 0.699. The molecule has 0 unspecified atom stereocenters. The van der Waals surface area contributed by atoms with Gasteiger partial charge in [0.1, 0.15) is 23.8 Å². The van der Waals surface area contributed by atoms with Crippen LogP contribution in [0.4, 0.5) is 11.6 Å². The molecule has 4 heterocycles. The standard InChI is InChI=1S/C19H27N9/c1-14(2)23-16-9-17(22-12-21-16)28-7-4-5-15(10-28)19-25-24-18(26(19)3)11-27-8-6-20-13-27/h6,8-9,12-15H,4-5,7,10-11H2,1-3H3,(H,21,22,23)/t15-/m1/s1. The van der Waals surface area contributed by atoms with E-state index in [9.17, 15) is 0 Å². The maximum atomic E-state index is 4.51. The van der Waals surface area contributed by atoms with Crippen molar-refractivity contribution in [2.45, 2.75) is 45.2 Å². The van der Waals surface area contributed by atoms with E-state index in [0.29, 0.717) is 18.5 Å². The molecule has 3 aromatic heterocycles. The summed E-state index contributed by atoms with van der Waals surface area (Å²) < 4.78 is 4.13. The number of rotatable bonds is 6. The molecular formula is C19H27N9. The molecule has 0 spiro atoms. The van der Waals surface area contributed by atoms with Crippen LogP contribution in [0.5, 0.6) is 0 Å². The van der Waals surface area contributed by atoms with E-state index < -0.39 is 0 Å². The van der Waals surface area contributed by atoms with Gasteiger partial charge < -0.3 is 19.4 Å². The summed E-state index contributed by atoms with van der Waals surface area (Å²) >= 11 is 0. The van der Waals surface area contributed by atoms with Gasteiger partial charge in [-0.15, -0.1) is 10.2 Å². The molecule has 0 aromatic carbocycles.